The molecule has 3 aromatic heterocycles. The Balaban J connectivity index is 1.15. The molecule has 3 saturated heterocycles. The highest BCUT2D eigenvalue weighted by molar-refractivity contribution is 6.12. The number of piperidine rings is 1. The first-order chi connectivity index (χ1) is 18.3. The summed E-state index contributed by atoms with van der Waals surface area (Å²) in [5, 5.41) is 17.8. The van der Waals surface area contributed by atoms with Crippen molar-refractivity contribution in [3.63, 3.8) is 0 Å². The highest BCUT2D eigenvalue weighted by atomic mass is 19.1. The van der Waals surface area contributed by atoms with Crippen LogP contribution in [0.2, 0.25) is 0 Å². The van der Waals surface area contributed by atoms with Crippen LogP contribution in [0.25, 0.3) is 5.65 Å². The summed E-state index contributed by atoms with van der Waals surface area (Å²) in [5.41, 5.74) is 6.38. The van der Waals surface area contributed by atoms with Gasteiger partial charge in [-0.1, -0.05) is 0 Å². The lowest BCUT2D eigenvalue weighted by Crippen LogP contribution is -2.46. The first-order valence-corrected chi connectivity index (χ1v) is 12.9. The summed E-state index contributed by atoms with van der Waals surface area (Å²) in [6.45, 7) is 5.04. The number of amides is 1. The summed E-state index contributed by atoms with van der Waals surface area (Å²) in [7, 11) is 2.15. The smallest absolute Gasteiger partial charge is 0.263 e. The van der Waals surface area contributed by atoms with E-state index in [9.17, 15) is 14.3 Å². The molecule has 0 aromatic carbocycles. The Hall–Kier alpha value is -3.42. The van der Waals surface area contributed by atoms with Crippen molar-refractivity contribution < 1.29 is 18.7 Å². The van der Waals surface area contributed by atoms with Gasteiger partial charge < -0.3 is 26.0 Å². The van der Waals surface area contributed by atoms with E-state index in [1.165, 1.54) is 6.20 Å². The molecule has 3 atom stereocenters. The highest BCUT2D eigenvalue weighted by Crippen LogP contribution is 2.36. The molecule has 0 aliphatic carbocycles. The standard InChI is InChI=1S/C25H31F2N9O2/c1-33-9-15-11-35(12-16(15)10-33)25(38)14-2-4-34(5-3-14)21-18(27)7-29-8-19(21)31-24(37)20-22(28)32-36-13-17(26)6-30-23(20)36/h6-8,13-16,25,38H,2-5,9-12H2,1H3,(H2,28,32)(H,31,37)/t15-,16?,25?/m1/s1. The topological polar surface area (TPSA) is 128 Å². The van der Waals surface area contributed by atoms with Crippen LogP contribution in [-0.4, -0.2) is 92.9 Å². The van der Waals surface area contributed by atoms with E-state index in [1.54, 1.807) is 0 Å². The second-order valence-electron chi connectivity index (χ2n) is 10.7. The van der Waals surface area contributed by atoms with E-state index in [2.05, 4.69) is 37.2 Å². The van der Waals surface area contributed by atoms with Crippen LogP contribution in [0.5, 0.6) is 0 Å². The van der Waals surface area contributed by atoms with E-state index >= 15 is 4.39 Å². The van der Waals surface area contributed by atoms with Crippen molar-refractivity contribution in [1.82, 2.24) is 29.4 Å². The quantitative estimate of drug-likeness (QED) is 0.449. The van der Waals surface area contributed by atoms with Crippen LogP contribution in [0, 0.1) is 29.4 Å². The molecule has 1 amide bonds. The number of rotatable bonds is 5. The van der Waals surface area contributed by atoms with Gasteiger partial charge in [0.15, 0.2) is 23.1 Å². The molecule has 2 unspecified atom stereocenters. The molecule has 6 rings (SSSR count). The maximum Gasteiger partial charge on any atom is 0.263 e. The van der Waals surface area contributed by atoms with Crippen molar-refractivity contribution in [2.45, 2.75) is 19.1 Å². The Labute approximate surface area is 218 Å². The molecule has 6 heterocycles. The number of nitrogens with two attached hydrogens (primary N) is 1. The first kappa shape index (κ1) is 24.9. The predicted octanol–water partition coefficient (Wildman–Crippen LogP) is 1.27. The van der Waals surface area contributed by atoms with E-state index in [1.807, 2.05) is 4.90 Å². The van der Waals surface area contributed by atoms with Gasteiger partial charge in [-0.05, 0) is 31.7 Å². The molecule has 3 aliphatic heterocycles. The minimum atomic E-state index is -0.652. The largest absolute Gasteiger partial charge is 0.381 e. The monoisotopic (exact) mass is 527 g/mol. The molecular weight excluding hydrogens is 496 g/mol. The van der Waals surface area contributed by atoms with Gasteiger partial charge >= 0.3 is 0 Å². The fourth-order valence-electron chi connectivity index (χ4n) is 6.37. The third kappa shape index (κ3) is 4.44. The number of nitrogen functional groups attached to an aromatic ring is 1. The summed E-state index contributed by atoms with van der Waals surface area (Å²) in [6.07, 6.45) is 5.40. The Morgan fingerprint density at radius 1 is 1.13 bits per heavy atom. The summed E-state index contributed by atoms with van der Waals surface area (Å²) >= 11 is 0. The van der Waals surface area contributed by atoms with Crippen LogP contribution in [0.1, 0.15) is 23.2 Å². The maximum atomic E-state index is 15.1. The molecule has 202 valence electrons. The number of aromatic nitrogens is 4. The molecule has 3 aliphatic rings. The van der Waals surface area contributed by atoms with Crippen molar-refractivity contribution in [3.05, 3.63) is 42.0 Å². The average molecular weight is 528 g/mol. The van der Waals surface area contributed by atoms with Gasteiger partial charge in [0, 0.05) is 45.2 Å². The lowest BCUT2D eigenvalue weighted by atomic mass is 9.93. The molecule has 4 N–H and O–H groups in total. The van der Waals surface area contributed by atoms with Crippen LogP contribution in [0.15, 0.2) is 24.8 Å². The van der Waals surface area contributed by atoms with Crippen LogP contribution in [-0.2, 0) is 0 Å². The fourth-order valence-corrected chi connectivity index (χ4v) is 6.37. The van der Waals surface area contributed by atoms with Crippen molar-refractivity contribution in [2.75, 3.05) is 62.3 Å². The van der Waals surface area contributed by atoms with Gasteiger partial charge in [-0.3, -0.25) is 14.7 Å². The first-order valence-electron chi connectivity index (χ1n) is 12.9. The zero-order valence-corrected chi connectivity index (χ0v) is 21.1. The predicted molar refractivity (Wildman–Crippen MR) is 136 cm³/mol. The number of nitrogens with one attached hydrogen (secondary N) is 1. The number of fused-ring (bicyclic) bond motifs is 2. The Bertz CT molecular complexity index is 1350. The van der Waals surface area contributed by atoms with Gasteiger partial charge in [-0.15, -0.1) is 5.10 Å². The average Bonchev–Trinajstić information content (AvgIpc) is 3.53. The minimum absolute atomic E-state index is 0.0383. The number of aliphatic hydroxyl groups excluding tert-OH is 1. The van der Waals surface area contributed by atoms with Crippen LogP contribution in [0.3, 0.4) is 0 Å². The summed E-state index contributed by atoms with van der Waals surface area (Å²) < 4.78 is 29.7. The molecule has 0 saturated carbocycles. The van der Waals surface area contributed by atoms with Gasteiger partial charge in [0.2, 0.25) is 0 Å². The fraction of sp³-hybridized carbons (Fsp3) is 0.520. The number of hydrogen-bond donors (Lipinski definition) is 3. The number of nitrogens with zero attached hydrogens (tertiary/aromatic N) is 7. The van der Waals surface area contributed by atoms with E-state index in [0.717, 1.165) is 49.3 Å². The molecule has 13 heteroatoms. The second-order valence-corrected chi connectivity index (χ2v) is 10.7. The number of carbonyl (C=O) groups excluding carboxylic acids is 1. The zero-order chi connectivity index (χ0) is 26.6. The molecular formula is C25H31F2N9O2. The van der Waals surface area contributed by atoms with Crippen LogP contribution < -0.4 is 16.0 Å². The van der Waals surface area contributed by atoms with Gasteiger partial charge in [0.25, 0.3) is 5.91 Å². The zero-order valence-electron chi connectivity index (χ0n) is 21.1. The number of anilines is 3. The van der Waals surface area contributed by atoms with Crippen molar-refractivity contribution in [2.24, 2.45) is 17.8 Å². The molecule has 0 radical (unpaired) electrons. The lowest BCUT2D eigenvalue weighted by molar-refractivity contribution is -0.0390. The number of carbonyl (C=O) groups is 1. The van der Waals surface area contributed by atoms with Crippen molar-refractivity contribution >= 4 is 28.7 Å². The van der Waals surface area contributed by atoms with E-state index in [0.29, 0.717) is 37.8 Å². The number of likely N-dealkylation sites (tertiary alicyclic amines) is 2. The van der Waals surface area contributed by atoms with Crippen LogP contribution >= 0.6 is 0 Å². The molecule has 0 spiro atoms. The van der Waals surface area contributed by atoms with Crippen molar-refractivity contribution in [1.29, 1.82) is 0 Å². The number of pyridine rings is 1. The highest BCUT2D eigenvalue weighted by Gasteiger charge is 2.42. The summed E-state index contributed by atoms with van der Waals surface area (Å²) in [5.74, 6) is -0.648. The number of aliphatic hydroxyl groups is 1. The minimum Gasteiger partial charge on any atom is -0.381 e. The molecule has 11 nitrogen and oxygen atoms in total. The van der Waals surface area contributed by atoms with Gasteiger partial charge in [0.1, 0.15) is 17.5 Å². The van der Waals surface area contributed by atoms with Gasteiger partial charge in [0.05, 0.1) is 30.5 Å². The van der Waals surface area contributed by atoms with Crippen molar-refractivity contribution in [3.8, 4) is 0 Å². The Morgan fingerprint density at radius 2 is 1.84 bits per heavy atom. The van der Waals surface area contributed by atoms with E-state index in [4.69, 9.17) is 5.73 Å². The summed E-state index contributed by atoms with van der Waals surface area (Å²) in [6, 6.07) is 0. The Morgan fingerprint density at radius 3 is 2.55 bits per heavy atom. The molecule has 0 bridgehead atoms. The maximum absolute atomic E-state index is 15.1. The normalized spacial score (nSPS) is 23.7. The van der Waals surface area contributed by atoms with E-state index < -0.39 is 23.8 Å². The molecule has 3 aromatic rings. The summed E-state index contributed by atoms with van der Waals surface area (Å²) in [4.78, 5) is 27.4. The second kappa shape index (κ2) is 9.71. The molecule has 38 heavy (non-hydrogen) atoms. The third-order valence-corrected chi connectivity index (χ3v) is 8.16. The van der Waals surface area contributed by atoms with E-state index in [-0.39, 0.29) is 34.3 Å². The third-order valence-electron chi connectivity index (χ3n) is 8.16. The number of hydrogen-bond acceptors (Lipinski definition) is 9. The van der Waals surface area contributed by atoms with Gasteiger partial charge in [-0.25, -0.2) is 18.3 Å². The SMILES string of the molecule is CN1CC2CN(C(O)C3CCN(c4c(F)cncc4NC(=O)c4c(N)nn5cc(F)cnc45)CC3)C[C@H]2C1. The Kier molecular flexibility index (Phi) is 6.36. The van der Waals surface area contributed by atoms with Gasteiger partial charge in [-0.2, -0.15) is 0 Å². The number of halogens is 2. The van der Waals surface area contributed by atoms with Crippen LogP contribution in [0.4, 0.5) is 26.0 Å². The molecule has 3 fully saturated rings. The lowest BCUT2D eigenvalue weighted by Gasteiger charge is -2.39.